The fraction of sp³-hybridized carbons (Fsp3) is 0.833. The van der Waals surface area contributed by atoms with Gasteiger partial charge in [-0.25, -0.2) is 0 Å². The summed E-state index contributed by atoms with van der Waals surface area (Å²) in [5, 5.41) is 10.5. The van der Waals surface area contributed by atoms with Crippen LogP contribution in [0.1, 0.15) is 20.8 Å². The zero-order valence-electron chi connectivity index (χ0n) is 6.27. The van der Waals surface area contributed by atoms with E-state index in [9.17, 15) is 4.79 Å². The molecule has 56 valence electrons. The molecule has 0 atom stereocenters. The highest BCUT2D eigenvalue weighted by molar-refractivity contribution is 5.72. The van der Waals surface area contributed by atoms with E-state index in [0.29, 0.717) is 6.54 Å². The predicted octanol–water partition coefficient (Wildman–Crippen LogP) is 0.141. The van der Waals surface area contributed by atoms with Gasteiger partial charge >= 0.3 is 0 Å². The van der Waals surface area contributed by atoms with Crippen molar-refractivity contribution in [2.24, 2.45) is 0 Å². The molecule has 0 aromatic heterocycles. The lowest BCUT2D eigenvalue weighted by Crippen LogP contribution is -2.22. The molecule has 0 aliphatic carbocycles. The summed E-state index contributed by atoms with van der Waals surface area (Å²) in [7, 11) is 0. The van der Waals surface area contributed by atoms with Crippen LogP contribution in [0.3, 0.4) is 0 Å². The van der Waals surface area contributed by atoms with Gasteiger partial charge in [0, 0.05) is 13.5 Å². The van der Waals surface area contributed by atoms with Gasteiger partial charge in [-0.1, -0.05) is 13.8 Å². The van der Waals surface area contributed by atoms with Crippen LogP contribution < -0.4 is 5.32 Å². The molecule has 3 nitrogen and oxygen atoms in total. The lowest BCUT2D eigenvalue weighted by atomic mass is 10.6. The normalized spacial score (nSPS) is 7.11. The van der Waals surface area contributed by atoms with Gasteiger partial charge < -0.3 is 10.4 Å². The van der Waals surface area contributed by atoms with Crippen LogP contribution in [0.25, 0.3) is 0 Å². The third-order valence-electron chi connectivity index (χ3n) is 0.486. The summed E-state index contributed by atoms with van der Waals surface area (Å²) in [6.07, 6.45) is 0. The Hall–Kier alpha value is -0.570. The van der Waals surface area contributed by atoms with Crippen molar-refractivity contribution in [3.63, 3.8) is 0 Å². The van der Waals surface area contributed by atoms with Gasteiger partial charge in [-0.15, -0.1) is 0 Å². The van der Waals surface area contributed by atoms with Crippen LogP contribution in [-0.2, 0) is 4.79 Å². The van der Waals surface area contributed by atoms with Crippen LogP contribution in [-0.4, -0.2) is 24.2 Å². The Kier molecular flexibility index (Phi) is 13.0. The summed E-state index contributed by atoms with van der Waals surface area (Å²) in [6.45, 7) is 5.78. The number of rotatable bonds is 2. The maximum atomic E-state index is 9.98. The molecule has 0 aromatic rings. The zero-order chi connectivity index (χ0) is 7.70. The summed E-state index contributed by atoms with van der Waals surface area (Å²) in [5.41, 5.74) is 0. The number of aliphatic hydroxyl groups excluding tert-OH is 1. The van der Waals surface area contributed by atoms with Crippen LogP contribution in [0, 0.1) is 0 Å². The average Bonchev–Trinajstić information content (AvgIpc) is 1.88. The van der Waals surface area contributed by atoms with Crippen LogP contribution in [0.2, 0.25) is 0 Å². The van der Waals surface area contributed by atoms with Crippen molar-refractivity contribution in [3.05, 3.63) is 0 Å². The number of amides is 1. The molecular formula is C6H15NO2. The smallest absolute Gasteiger partial charge is 0.216 e. The number of hydrogen-bond donors (Lipinski definition) is 2. The fourth-order valence-corrected chi connectivity index (χ4v) is 0.232. The first-order chi connectivity index (χ1) is 4.27. The first kappa shape index (κ1) is 11.3. The second-order valence-electron chi connectivity index (χ2n) is 1.21. The van der Waals surface area contributed by atoms with Gasteiger partial charge in [0.1, 0.15) is 0 Å². The molecule has 3 heteroatoms. The number of carbonyl (C=O) groups excluding carboxylic acids is 1. The highest BCUT2D eigenvalue weighted by atomic mass is 16.3. The summed E-state index contributed by atoms with van der Waals surface area (Å²) in [6, 6.07) is 0. The Labute approximate surface area is 56.1 Å². The molecule has 0 spiro atoms. The maximum absolute atomic E-state index is 9.98. The predicted molar refractivity (Wildman–Crippen MR) is 37.1 cm³/mol. The highest BCUT2D eigenvalue weighted by Crippen LogP contribution is 1.56. The van der Waals surface area contributed by atoms with Gasteiger partial charge in [0.25, 0.3) is 0 Å². The summed E-state index contributed by atoms with van der Waals surface area (Å²) < 4.78 is 0. The van der Waals surface area contributed by atoms with Crippen molar-refractivity contribution in [2.75, 3.05) is 13.2 Å². The molecule has 0 aliphatic heterocycles. The summed E-state index contributed by atoms with van der Waals surface area (Å²) >= 11 is 0. The Bertz CT molecular complexity index is 64.1. The van der Waals surface area contributed by atoms with E-state index in [0.717, 1.165) is 0 Å². The molecule has 0 saturated heterocycles. The topological polar surface area (TPSA) is 49.3 Å². The fourth-order valence-electron chi connectivity index (χ4n) is 0.232. The quantitative estimate of drug-likeness (QED) is 0.563. The first-order valence-corrected chi connectivity index (χ1v) is 3.12. The van der Waals surface area contributed by atoms with E-state index < -0.39 is 0 Å². The summed E-state index contributed by atoms with van der Waals surface area (Å²) in [4.78, 5) is 9.98. The second-order valence-corrected chi connectivity index (χ2v) is 1.21. The average molecular weight is 133 g/mol. The van der Waals surface area contributed by atoms with Crippen LogP contribution in [0.15, 0.2) is 0 Å². The van der Waals surface area contributed by atoms with Gasteiger partial charge in [-0.05, 0) is 0 Å². The van der Waals surface area contributed by atoms with Gasteiger partial charge in [0.05, 0.1) is 6.61 Å². The number of aliphatic hydroxyl groups is 1. The molecule has 0 saturated carbocycles. The van der Waals surface area contributed by atoms with Crippen LogP contribution in [0.5, 0.6) is 0 Å². The minimum atomic E-state index is -0.103. The third kappa shape index (κ3) is 18.6. The molecule has 0 aromatic carbocycles. The molecule has 0 aliphatic rings. The van der Waals surface area contributed by atoms with E-state index in [1.807, 2.05) is 13.8 Å². The molecule has 9 heavy (non-hydrogen) atoms. The minimum absolute atomic E-state index is 0.0135. The van der Waals surface area contributed by atoms with E-state index in [1.54, 1.807) is 0 Å². The van der Waals surface area contributed by atoms with E-state index >= 15 is 0 Å². The zero-order valence-corrected chi connectivity index (χ0v) is 6.27. The molecule has 0 fully saturated rings. The van der Waals surface area contributed by atoms with Gasteiger partial charge in [-0.3, -0.25) is 4.79 Å². The molecule has 0 bridgehead atoms. The lowest BCUT2D eigenvalue weighted by molar-refractivity contribution is -0.119. The van der Waals surface area contributed by atoms with E-state index in [1.165, 1.54) is 6.92 Å². The number of nitrogens with one attached hydrogen (secondary N) is 1. The number of carbonyl (C=O) groups is 1. The van der Waals surface area contributed by atoms with Crippen molar-refractivity contribution in [3.8, 4) is 0 Å². The Morgan fingerprint density at radius 1 is 1.56 bits per heavy atom. The molecular weight excluding hydrogens is 118 g/mol. The van der Waals surface area contributed by atoms with Crippen molar-refractivity contribution in [1.29, 1.82) is 0 Å². The molecule has 0 heterocycles. The largest absolute Gasteiger partial charge is 0.395 e. The van der Waals surface area contributed by atoms with Crippen LogP contribution >= 0.6 is 0 Å². The molecule has 2 N–H and O–H groups in total. The highest BCUT2D eigenvalue weighted by Gasteiger charge is 1.83. The Morgan fingerprint density at radius 2 is 2.00 bits per heavy atom. The van der Waals surface area contributed by atoms with Crippen molar-refractivity contribution < 1.29 is 9.90 Å². The second kappa shape index (κ2) is 10.4. The molecule has 0 unspecified atom stereocenters. The van der Waals surface area contributed by atoms with Gasteiger partial charge in [-0.2, -0.15) is 0 Å². The molecule has 0 radical (unpaired) electrons. The molecule has 1 amide bonds. The van der Waals surface area contributed by atoms with Crippen LogP contribution in [0.4, 0.5) is 0 Å². The minimum Gasteiger partial charge on any atom is -0.395 e. The van der Waals surface area contributed by atoms with Gasteiger partial charge in [0.15, 0.2) is 0 Å². The lowest BCUT2D eigenvalue weighted by Gasteiger charge is -1.93. The van der Waals surface area contributed by atoms with Crippen molar-refractivity contribution in [2.45, 2.75) is 20.8 Å². The van der Waals surface area contributed by atoms with Crippen molar-refractivity contribution >= 4 is 5.91 Å². The monoisotopic (exact) mass is 133 g/mol. The van der Waals surface area contributed by atoms with E-state index in [-0.39, 0.29) is 12.5 Å². The molecule has 0 rings (SSSR count). The van der Waals surface area contributed by atoms with Gasteiger partial charge in [0.2, 0.25) is 5.91 Å². The SMILES string of the molecule is CC.CC(=O)NCCO. The van der Waals surface area contributed by atoms with E-state index in [4.69, 9.17) is 5.11 Å². The summed E-state index contributed by atoms with van der Waals surface area (Å²) in [5.74, 6) is -0.103. The third-order valence-corrected chi connectivity index (χ3v) is 0.486. The Morgan fingerprint density at radius 3 is 2.11 bits per heavy atom. The number of hydrogen-bond acceptors (Lipinski definition) is 2. The van der Waals surface area contributed by atoms with E-state index in [2.05, 4.69) is 5.32 Å². The van der Waals surface area contributed by atoms with Crippen molar-refractivity contribution in [1.82, 2.24) is 5.32 Å². The first-order valence-electron chi connectivity index (χ1n) is 3.12. The maximum Gasteiger partial charge on any atom is 0.216 e. The Balaban J connectivity index is 0. The standard InChI is InChI=1S/C4H9NO2.C2H6/c1-4(7)5-2-3-6;1-2/h6H,2-3H2,1H3,(H,5,7);1-2H3.